The van der Waals surface area contributed by atoms with Crippen LogP contribution in [0.1, 0.15) is 22.8 Å². The molecule has 26 heavy (non-hydrogen) atoms. The predicted octanol–water partition coefficient (Wildman–Crippen LogP) is 2.01. The van der Waals surface area contributed by atoms with Gasteiger partial charge < -0.3 is 11.1 Å². The number of rotatable bonds is 5. The smallest absolute Gasteiger partial charge is 0.252 e. The van der Waals surface area contributed by atoms with Crippen LogP contribution in [0.3, 0.4) is 0 Å². The van der Waals surface area contributed by atoms with E-state index in [1.165, 1.54) is 12.3 Å². The molecule has 0 aliphatic heterocycles. The Morgan fingerprint density at radius 1 is 1.35 bits per heavy atom. The minimum absolute atomic E-state index is 0.151. The number of carbonyl (C=O) groups is 1. The van der Waals surface area contributed by atoms with Gasteiger partial charge in [0.2, 0.25) is 0 Å². The predicted molar refractivity (Wildman–Crippen MR) is 99.3 cm³/mol. The molecule has 0 aliphatic rings. The summed E-state index contributed by atoms with van der Waals surface area (Å²) in [6.45, 7) is 4.33. The Hall–Kier alpha value is -2.94. The van der Waals surface area contributed by atoms with Gasteiger partial charge in [-0.05, 0) is 31.5 Å². The molecule has 0 unspecified atom stereocenters. The maximum Gasteiger partial charge on any atom is 0.252 e. The first-order valence-electron chi connectivity index (χ1n) is 7.94. The lowest BCUT2D eigenvalue weighted by Gasteiger charge is -2.15. The number of sulfone groups is 1. The molecule has 0 atom stereocenters. The fourth-order valence-corrected chi connectivity index (χ4v) is 3.52. The van der Waals surface area contributed by atoms with Gasteiger partial charge in [-0.2, -0.15) is 5.10 Å². The van der Waals surface area contributed by atoms with Gasteiger partial charge >= 0.3 is 0 Å². The molecule has 3 N–H and O–H groups in total. The third kappa shape index (κ3) is 3.13. The molecule has 0 saturated heterocycles. The number of anilines is 2. The Kier molecular flexibility index (Phi) is 4.41. The van der Waals surface area contributed by atoms with E-state index >= 15 is 0 Å². The van der Waals surface area contributed by atoms with Gasteiger partial charge in [-0.3, -0.25) is 9.78 Å². The third-order valence-electron chi connectivity index (χ3n) is 4.10. The molecule has 9 heteroatoms. The van der Waals surface area contributed by atoms with Crippen LogP contribution in [0.4, 0.5) is 11.5 Å². The van der Waals surface area contributed by atoms with E-state index in [1.807, 2.05) is 6.92 Å². The summed E-state index contributed by atoms with van der Waals surface area (Å²) in [5.74, 6) is -0.00297. The van der Waals surface area contributed by atoms with Gasteiger partial charge in [-0.15, -0.1) is 0 Å². The second-order valence-corrected chi connectivity index (χ2v) is 7.99. The Bertz CT molecular complexity index is 1120. The molecular formula is C17H19N5O3S. The highest BCUT2D eigenvalue weighted by Crippen LogP contribution is 2.32. The molecule has 2 aromatic heterocycles. The zero-order chi connectivity index (χ0) is 19.1. The number of nitrogens with one attached hydrogen (secondary N) is 1. The summed E-state index contributed by atoms with van der Waals surface area (Å²) in [6, 6.07) is 4.83. The number of nitrogens with two attached hydrogens (primary N) is 1. The van der Waals surface area contributed by atoms with Crippen LogP contribution in [0.2, 0.25) is 0 Å². The number of primary amides is 1. The lowest BCUT2D eigenvalue weighted by Crippen LogP contribution is -2.15. The van der Waals surface area contributed by atoms with Crippen molar-refractivity contribution in [2.45, 2.75) is 25.3 Å². The van der Waals surface area contributed by atoms with Crippen LogP contribution in [0.15, 0.2) is 35.5 Å². The Balaban J connectivity index is 2.34. The highest BCUT2D eigenvalue weighted by atomic mass is 32.2. The lowest BCUT2D eigenvalue weighted by atomic mass is 10.1. The summed E-state index contributed by atoms with van der Waals surface area (Å²) >= 11 is 0. The lowest BCUT2D eigenvalue weighted by molar-refractivity contribution is 0.100. The first kappa shape index (κ1) is 17.9. The normalized spacial score (nSPS) is 11.7. The fourth-order valence-electron chi connectivity index (χ4n) is 2.80. The van der Waals surface area contributed by atoms with Crippen LogP contribution < -0.4 is 11.1 Å². The van der Waals surface area contributed by atoms with Crippen LogP contribution in [0, 0.1) is 6.92 Å². The first-order chi connectivity index (χ1) is 12.2. The topological polar surface area (TPSA) is 120 Å². The van der Waals surface area contributed by atoms with Gasteiger partial charge in [0.25, 0.3) is 5.91 Å². The zero-order valence-electron chi connectivity index (χ0n) is 14.6. The first-order valence-corrected chi connectivity index (χ1v) is 9.83. The Labute approximate surface area is 150 Å². The molecule has 0 saturated carbocycles. The number of hydrogen-bond donors (Lipinski definition) is 2. The van der Waals surface area contributed by atoms with Gasteiger partial charge in [-0.25, -0.2) is 13.1 Å². The second-order valence-electron chi connectivity index (χ2n) is 5.98. The molecule has 1 aromatic carbocycles. The molecule has 0 aliphatic carbocycles. The minimum Gasteiger partial charge on any atom is -0.365 e. The van der Waals surface area contributed by atoms with Crippen molar-refractivity contribution in [1.29, 1.82) is 0 Å². The molecule has 136 valence electrons. The summed E-state index contributed by atoms with van der Waals surface area (Å²) < 4.78 is 25.8. The van der Waals surface area contributed by atoms with Crippen molar-refractivity contribution >= 4 is 38.2 Å². The van der Waals surface area contributed by atoms with Crippen molar-refractivity contribution < 1.29 is 13.2 Å². The van der Waals surface area contributed by atoms with E-state index in [0.29, 0.717) is 34.5 Å². The number of aryl methyl sites for hydroxylation is 2. The van der Waals surface area contributed by atoms with E-state index in [0.717, 1.165) is 6.26 Å². The maximum absolute atomic E-state index is 12.0. The molecule has 1 amide bonds. The quantitative estimate of drug-likeness (QED) is 0.706. The van der Waals surface area contributed by atoms with Gasteiger partial charge in [0.05, 0.1) is 27.9 Å². The van der Waals surface area contributed by atoms with Crippen LogP contribution >= 0.6 is 0 Å². The molecule has 3 rings (SSSR count). The molecule has 0 bridgehead atoms. The highest BCUT2D eigenvalue weighted by molar-refractivity contribution is 7.90. The van der Waals surface area contributed by atoms with E-state index in [2.05, 4.69) is 15.4 Å². The van der Waals surface area contributed by atoms with Crippen molar-refractivity contribution in [3.05, 3.63) is 41.7 Å². The monoisotopic (exact) mass is 373 g/mol. The third-order valence-corrected chi connectivity index (χ3v) is 5.19. The SMILES string of the molecule is CCn1nccc1Nc1c(C(N)=O)cnc2c(C)cc(S(C)(=O)=O)cc12. The summed E-state index contributed by atoms with van der Waals surface area (Å²) in [5, 5.41) is 7.86. The van der Waals surface area contributed by atoms with Crippen molar-refractivity contribution in [3.63, 3.8) is 0 Å². The number of aromatic nitrogens is 3. The molecule has 0 spiro atoms. The van der Waals surface area contributed by atoms with E-state index in [1.54, 1.807) is 29.9 Å². The van der Waals surface area contributed by atoms with Crippen molar-refractivity contribution in [2.24, 2.45) is 5.73 Å². The van der Waals surface area contributed by atoms with E-state index < -0.39 is 15.7 Å². The van der Waals surface area contributed by atoms with Crippen LogP contribution in [0.5, 0.6) is 0 Å². The van der Waals surface area contributed by atoms with Gasteiger partial charge in [-0.1, -0.05) is 0 Å². The number of benzene rings is 1. The average molecular weight is 373 g/mol. The van der Waals surface area contributed by atoms with Gasteiger partial charge in [0.1, 0.15) is 5.82 Å². The molecule has 8 nitrogen and oxygen atoms in total. The Morgan fingerprint density at radius 2 is 2.08 bits per heavy atom. The van der Waals surface area contributed by atoms with Crippen LogP contribution in [-0.2, 0) is 16.4 Å². The van der Waals surface area contributed by atoms with E-state index in [9.17, 15) is 13.2 Å². The number of carbonyl (C=O) groups excluding carboxylic acids is 1. The molecule has 0 radical (unpaired) electrons. The maximum atomic E-state index is 12.0. The van der Waals surface area contributed by atoms with Crippen molar-refractivity contribution in [2.75, 3.05) is 11.6 Å². The molecular weight excluding hydrogens is 354 g/mol. The summed E-state index contributed by atoms with van der Waals surface area (Å²) in [6.07, 6.45) is 4.16. The molecule has 2 heterocycles. The van der Waals surface area contributed by atoms with Crippen molar-refractivity contribution in [3.8, 4) is 0 Å². The fraction of sp³-hybridized carbons (Fsp3) is 0.235. The summed E-state index contributed by atoms with van der Waals surface area (Å²) in [7, 11) is -3.43. The second kappa shape index (κ2) is 6.41. The number of pyridine rings is 1. The van der Waals surface area contributed by atoms with Crippen LogP contribution in [0.25, 0.3) is 10.9 Å². The summed E-state index contributed by atoms with van der Waals surface area (Å²) in [5.41, 5.74) is 7.36. The van der Waals surface area contributed by atoms with E-state index in [4.69, 9.17) is 5.73 Å². The number of fused-ring (bicyclic) bond motifs is 1. The zero-order valence-corrected chi connectivity index (χ0v) is 15.5. The number of amides is 1. The Morgan fingerprint density at radius 3 is 2.69 bits per heavy atom. The number of hydrogen-bond acceptors (Lipinski definition) is 6. The largest absolute Gasteiger partial charge is 0.365 e. The van der Waals surface area contributed by atoms with Crippen molar-refractivity contribution in [1.82, 2.24) is 14.8 Å². The van der Waals surface area contributed by atoms with Gasteiger partial charge in [0, 0.05) is 30.4 Å². The molecule has 3 aromatic rings. The highest BCUT2D eigenvalue weighted by Gasteiger charge is 2.19. The van der Waals surface area contributed by atoms with E-state index in [-0.39, 0.29) is 10.5 Å². The summed E-state index contributed by atoms with van der Waals surface area (Å²) in [4.78, 5) is 16.4. The van der Waals surface area contributed by atoms with Crippen LogP contribution in [-0.4, -0.2) is 35.3 Å². The molecule has 0 fully saturated rings. The average Bonchev–Trinajstić information content (AvgIpc) is 3.01. The standard InChI is InChI=1S/C17H19N5O3S/c1-4-22-14(5-6-20-22)21-16-12-8-11(26(3,24)25)7-10(2)15(12)19-9-13(16)17(18)23/h5-9H,4H2,1-3H3,(H2,18,23)(H,19,21). The minimum atomic E-state index is -3.43. The number of nitrogens with zero attached hydrogens (tertiary/aromatic N) is 3. The van der Waals surface area contributed by atoms with Gasteiger partial charge in [0.15, 0.2) is 9.84 Å².